The number of esters is 1. The van der Waals surface area contributed by atoms with Crippen LogP contribution in [-0.4, -0.2) is 46.0 Å². The van der Waals surface area contributed by atoms with Crippen molar-refractivity contribution in [2.45, 2.75) is 23.7 Å². The first-order valence-electron chi connectivity index (χ1n) is 11.5. The van der Waals surface area contributed by atoms with Gasteiger partial charge in [0, 0.05) is 12.1 Å². The van der Waals surface area contributed by atoms with Crippen molar-refractivity contribution in [3.8, 4) is 5.75 Å². The zero-order chi connectivity index (χ0) is 25.3. The number of hydrogen-bond donors (Lipinski definition) is 1. The summed E-state index contributed by atoms with van der Waals surface area (Å²) in [6, 6.07) is 6.61. The summed E-state index contributed by atoms with van der Waals surface area (Å²) in [6.07, 6.45) is 10.4. The maximum Gasteiger partial charge on any atom is 0.343 e. The highest BCUT2D eigenvalue weighted by Gasteiger charge is 2.33. The molecule has 0 bridgehead atoms. The molecular formula is C26H25FN2O6S. The van der Waals surface area contributed by atoms with Gasteiger partial charge in [-0.05, 0) is 61.8 Å². The number of likely N-dealkylation sites (tertiary alicyclic amines) is 1. The molecule has 36 heavy (non-hydrogen) atoms. The second-order valence-electron chi connectivity index (χ2n) is 8.66. The van der Waals surface area contributed by atoms with Gasteiger partial charge in [-0.25, -0.2) is 17.6 Å². The molecule has 0 spiro atoms. The molecular weight excluding hydrogens is 487 g/mol. The zero-order valence-electron chi connectivity index (χ0n) is 19.6. The molecule has 1 N–H and O–H groups in total. The number of allylic oxidation sites excluding steroid dienone is 1. The first-order chi connectivity index (χ1) is 17.4. The van der Waals surface area contributed by atoms with E-state index in [9.17, 15) is 17.6 Å². The van der Waals surface area contributed by atoms with Crippen molar-refractivity contribution in [2.24, 2.45) is 0 Å². The van der Waals surface area contributed by atoms with E-state index < -0.39 is 21.8 Å². The van der Waals surface area contributed by atoms with Crippen molar-refractivity contribution in [3.05, 3.63) is 83.3 Å². The molecule has 0 aliphatic carbocycles. The Morgan fingerprint density at radius 2 is 2.03 bits per heavy atom. The van der Waals surface area contributed by atoms with Crippen LogP contribution in [-0.2, 0) is 19.5 Å². The van der Waals surface area contributed by atoms with Gasteiger partial charge in [-0.1, -0.05) is 18.2 Å². The van der Waals surface area contributed by atoms with Crippen molar-refractivity contribution >= 4 is 27.8 Å². The molecule has 1 atom stereocenters. The van der Waals surface area contributed by atoms with Crippen LogP contribution in [0.2, 0.25) is 0 Å². The van der Waals surface area contributed by atoms with Crippen LogP contribution in [0.4, 0.5) is 10.1 Å². The lowest BCUT2D eigenvalue weighted by atomic mass is 9.93. The van der Waals surface area contributed by atoms with Crippen LogP contribution in [0.15, 0.2) is 65.7 Å². The fraction of sp³-hybridized carbons (Fsp3) is 0.269. The molecule has 2 aromatic carbocycles. The maximum absolute atomic E-state index is 14.0. The molecule has 0 saturated carbocycles. The van der Waals surface area contributed by atoms with E-state index >= 15 is 0 Å². The summed E-state index contributed by atoms with van der Waals surface area (Å²) in [4.78, 5) is 14.8. The number of carbonyl (C=O) groups excluding carboxylic acids is 1. The molecule has 1 saturated heterocycles. The maximum atomic E-state index is 14.0. The highest BCUT2D eigenvalue weighted by atomic mass is 32.2. The molecule has 8 nitrogen and oxygen atoms in total. The number of nitrogens with zero attached hydrogens (tertiary/aromatic N) is 1. The molecule has 10 heteroatoms. The Hall–Kier alpha value is -3.63. The lowest BCUT2D eigenvalue weighted by molar-refractivity contribution is 0.0598. The Labute approximate surface area is 208 Å². The second-order valence-corrected chi connectivity index (χ2v) is 10.3. The van der Waals surface area contributed by atoms with Crippen LogP contribution in [0, 0.1) is 5.82 Å². The van der Waals surface area contributed by atoms with Crippen molar-refractivity contribution in [2.75, 3.05) is 31.5 Å². The van der Waals surface area contributed by atoms with Crippen LogP contribution in [0.5, 0.6) is 5.75 Å². The quantitative estimate of drug-likeness (QED) is 0.550. The minimum Gasteiger partial charge on any atom is -0.465 e. The molecule has 3 aliphatic heterocycles. The Morgan fingerprint density at radius 1 is 1.22 bits per heavy atom. The van der Waals surface area contributed by atoms with Crippen LogP contribution in [0.25, 0.3) is 6.08 Å². The highest BCUT2D eigenvalue weighted by Crippen LogP contribution is 2.45. The summed E-state index contributed by atoms with van der Waals surface area (Å²) in [5.74, 6) is -0.845. The lowest BCUT2D eigenvalue weighted by Gasteiger charge is -2.23. The molecule has 3 heterocycles. The van der Waals surface area contributed by atoms with Gasteiger partial charge in [-0.3, -0.25) is 9.62 Å². The predicted molar refractivity (Wildman–Crippen MR) is 131 cm³/mol. The van der Waals surface area contributed by atoms with Crippen molar-refractivity contribution in [3.63, 3.8) is 0 Å². The second kappa shape index (κ2) is 9.79. The summed E-state index contributed by atoms with van der Waals surface area (Å²) in [7, 11) is -3.02. The topological polar surface area (TPSA) is 94.2 Å². The summed E-state index contributed by atoms with van der Waals surface area (Å²) in [6.45, 7) is 2.61. The molecule has 5 rings (SSSR count). The number of fused-ring (bicyclic) bond motifs is 3. The summed E-state index contributed by atoms with van der Waals surface area (Å²) in [5, 5.41) is 0. The summed E-state index contributed by atoms with van der Waals surface area (Å²) < 4.78 is 59.4. The van der Waals surface area contributed by atoms with Gasteiger partial charge in [0.25, 0.3) is 10.0 Å². The Bertz CT molecular complexity index is 1390. The van der Waals surface area contributed by atoms with Crippen molar-refractivity contribution in [1.82, 2.24) is 4.90 Å². The lowest BCUT2D eigenvalue weighted by Crippen LogP contribution is -2.20. The molecule has 1 fully saturated rings. The normalized spacial score (nSPS) is 18.8. The Kier molecular flexibility index (Phi) is 6.55. The first kappa shape index (κ1) is 24.1. The minimum atomic E-state index is -4.22. The first-order valence-corrected chi connectivity index (χ1v) is 13.0. The number of ether oxygens (including phenoxy) is 3. The highest BCUT2D eigenvalue weighted by molar-refractivity contribution is 7.92. The van der Waals surface area contributed by atoms with Gasteiger partial charge < -0.3 is 14.2 Å². The van der Waals surface area contributed by atoms with Gasteiger partial charge in [0.05, 0.1) is 29.9 Å². The third-order valence-corrected chi connectivity index (χ3v) is 7.79. The largest absolute Gasteiger partial charge is 0.465 e. The number of carbonyl (C=O) groups is 1. The number of halogens is 1. The van der Waals surface area contributed by atoms with E-state index in [0.29, 0.717) is 17.9 Å². The monoisotopic (exact) mass is 512 g/mol. The van der Waals surface area contributed by atoms with Crippen LogP contribution in [0.3, 0.4) is 0 Å². The Morgan fingerprint density at radius 3 is 2.81 bits per heavy atom. The van der Waals surface area contributed by atoms with E-state index in [1.807, 2.05) is 6.08 Å². The molecule has 0 radical (unpaired) electrons. The third kappa shape index (κ3) is 4.61. The molecule has 0 aromatic heterocycles. The number of sulfonamides is 1. The smallest absolute Gasteiger partial charge is 0.343 e. The van der Waals surface area contributed by atoms with Gasteiger partial charge in [-0.2, -0.15) is 0 Å². The van der Waals surface area contributed by atoms with Gasteiger partial charge in [-0.15, -0.1) is 0 Å². The van der Waals surface area contributed by atoms with E-state index in [1.165, 1.54) is 37.8 Å². The molecule has 188 valence electrons. The standard InChI is InChI=1S/C26H25FN2O6S/c1-33-26(30)24-21(8-7-20-19-10-14-34-22(19)16-35-25(20)24)28-36(31,32)23-9-6-18(27)15-17(23)5-4-13-29-11-2-3-12-29/h4-10,14-16,19,28H,2-3,11-13H2,1H3/b5-4-. The summed E-state index contributed by atoms with van der Waals surface area (Å²) in [5.41, 5.74) is 0.757. The van der Waals surface area contributed by atoms with Crippen molar-refractivity contribution in [1.29, 1.82) is 0 Å². The van der Waals surface area contributed by atoms with Crippen molar-refractivity contribution < 1.29 is 31.8 Å². The fourth-order valence-electron chi connectivity index (χ4n) is 4.59. The van der Waals surface area contributed by atoms with Gasteiger partial charge in [0.1, 0.15) is 29.2 Å². The fourth-order valence-corrected chi connectivity index (χ4v) is 5.84. The number of nitrogens with one attached hydrogen (secondary N) is 1. The number of methoxy groups -OCH3 is 1. The summed E-state index contributed by atoms with van der Waals surface area (Å²) >= 11 is 0. The molecule has 3 aliphatic rings. The van der Waals surface area contributed by atoms with Crippen LogP contribution >= 0.6 is 0 Å². The van der Waals surface area contributed by atoms with Crippen LogP contribution < -0.4 is 9.46 Å². The third-order valence-electron chi connectivity index (χ3n) is 6.35. The van der Waals surface area contributed by atoms with E-state index in [4.69, 9.17) is 14.2 Å². The number of hydrogen-bond acceptors (Lipinski definition) is 7. The molecule has 0 amide bonds. The molecule has 1 unspecified atom stereocenters. The predicted octanol–water partition coefficient (Wildman–Crippen LogP) is 4.38. The van der Waals surface area contributed by atoms with Gasteiger partial charge in [0.2, 0.25) is 0 Å². The van der Waals surface area contributed by atoms with Gasteiger partial charge >= 0.3 is 5.97 Å². The SMILES string of the molecule is COC(=O)c1c(NS(=O)(=O)c2ccc(F)cc2/C=C\CN2CCCC2)ccc2c1OC=C1OC=CC12. The Balaban J connectivity index is 1.49. The van der Waals surface area contributed by atoms with E-state index in [0.717, 1.165) is 32.0 Å². The molecule has 2 aromatic rings. The number of rotatable bonds is 7. The number of benzene rings is 2. The van der Waals surface area contributed by atoms with Gasteiger partial charge in [0.15, 0.2) is 0 Å². The zero-order valence-corrected chi connectivity index (χ0v) is 20.4. The average molecular weight is 513 g/mol. The average Bonchev–Trinajstić information content (AvgIpc) is 3.55. The van der Waals surface area contributed by atoms with Crippen LogP contribution in [0.1, 0.15) is 40.2 Å². The number of anilines is 1. The van der Waals surface area contributed by atoms with E-state index in [2.05, 4.69) is 9.62 Å². The van der Waals surface area contributed by atoms with E-state index in [1.54, 1.807) is 18.2 Å². The minimum absolute atomic E-state index is 0.0170. The van der Waals surface area contributed by atoms with E-state index in [-0.39, 0.29) is 33.4 Å².